The number of hydrazine groups is 1. The Labute approximate surface area is 109 Å². The van der Waals surface area contributed by atoms with Gasteiger partial charge >= 0.3 is 0 Å². The first-order chi connectivity index (χ1) is 8.47. The zero-order valence-electron chi connectivity index (χ0n) is 11.4. The summed E-state index contributed by atoms with van der Waals surface area (Å²) in [5.41, 5.74) is 15.7. The van der Waals surface area contributed by atoms with Crippen LogP contribution in [0.15, 0.2) is 0 Å². The molecule has 0 unspecified atom stereocenters. The Kier molecular flexibility index (Phi) is 9.22. The van der Waals surface area contributed by atoms with Crippen molar-refractivity contribution in [3.05, 3.63) is 0 Å². The summed E-state index contributed by atoms with van der Waals surface area (Å²) in [5.74, 6) is -0.0823. The molecule has 0 aromatic carbocycles. The van der Waals surface area contributed by atoms with Gasteiger partial charge in [-0.05, 0) is 31.7 Å². The molecule has 0 radical (unpaired) electrons. The first kappa shape index (κ1) is 16.9. The molecule has 0 saturated heterocycles. The normalized spacial score (nSPS) is 12.3. The Morgan fingerprint density at radius 1 is 1.11 bits per heavy atom. The molecule has 0 rings (SSSR count). The first-order valence-electron chi connectivity index (χ1n) is 6.51. The van der Waals surface area contributed by atoms with Crippen LogP contribution in [0.5, 0.6) is 0 Å². The first-order valence-corrected chi connectivity index (χ1v) is 6.51. The van der Waals surface area contributed by atoms with Gasteiger partial charge in [0, 0.05) is 6.42 Å². The summed E-state index contributed by atoms with van der Waals surface area (Å²) in [6, 6.07) is -0.595. The second-order valence-electron chi connectivity index (χ2n) is 4.86. The molecule has 0 aliphatic rings. The van der Waals surface area contributed by atoms with Gasteiger partial charge in [-0.25, -0.2) is 0 Å². The molecule has 18 heavy (non-hydrogen) atoms. The SMILES string of the molecule is CC(C)CCC(=O)NNC(=O)[C@H](N)CCCCN. The van der Waals surface area contributed by atoms with Crippen molar-refractivity contribution in [2.45, 2.75) is 52.0 Å². The van der Waals surface area contributed by atoms with E-state index in [9.17, 15) is 9.59 Å². The minimum absolute atomic E-state index is 0.189. The van der Waals surface area contributed by atoms with Gasteiger partial charge < -0.3 is 11.5 Å². The maximum absolute atomic E-state index is 11.5. The zero-order chi connectivity index (χ0) is 14.0. The maximum atomic E-state index is 11.5. The number of amides is 2. The third-order valence-electron chi connectivity index (χ3n) is 2.58. The standard InChI is InChI=1S/C12H26N4O2/c1-9(2)6-7-11(17)15-16-12(18)10(14)5-3-4-8-13/h9-10H,3-8,13-14H2,1-2H3,(H,15,17)(H,16,18)/t10-/m1/s1. The van der Waals surface area contributed by atoms with Gasteiger partial charge in [0.25, 0.3) is 5.91 Å². The molecule has 0 saturated carbocycles. The second-order valence-corrected chi connectivity index (χ2v) is 4.86. The van der Waals surface area contributed by atoms with E-state index in [-0.39, 0.29) is 11.8 Å². The molecule has 0 aliphatic carbocycles. The van der Waals surface area contributed by atoms with Gasteiger partial charge in [-0.3, -0.25) is 20.4 Å². The van der Waals surface area contributed by atoms with Crippen molar-refractivity contribution in [1.82, 2.24) is 10.9 Å². The summed E-state index contributed by atoms with van der Waals surface area (Å²) in [6.07, 6.45) is 3.43. The van der Waals surface area contributed by atoms with Crippen LogP contribution in [0.3, 0.4) is 0 Å². The van der Waals surface area contributed by atoms with Gasteiger partial charge in [-0.2, -0.15) is 0 Å². The zero-order valence-corrected chi connectivity index (χ0v) is 11.4. The number of nitrogens with one attached hydrogen (secondary N) is 2. The van der Waals surface area contributed by atoms with Crippen LogP contribution < -0.4 is 22.3 Å². The topological polar surface area (TPSA) is 110 Å². The number of rotatable bonds is 8. The van der Waals surface area contributed by atoms with Crippen LogP contribution in [0.25, 0.3) is 0 Å². The van der Waals surface area contributed by atoms with Crippen molar-refractivity contribution in [1.29, 1.82) is 0 Å². The van der Waals surface area contributed by atoms with E-state index in [2.05, 4.69) is 10.9 Å². The van der Waals surface area contributed by atoms with Crippen LogP contribution in [0, 0.1) is 5.92 Å². The summed E-state index contributed by atoms with van der Waals surface area (Å²) in [5, 5.41) is 0. The summed E-state index contributed by atoms with van der Waals surface area (Å²) in [7, 11) is 0. The van der Waals surface area contributed by atoms with E-state index in [0.717, 1.165) is 19.3 Å². The molecule has 0 fully saturated rings. The lowest BCUT2D eigenvalue weighted by Crippen LogP contribution is -2.49. The fourth-order valence-electron chi connectivity index (χ4n) is 1.35. The minimum Gasteiger partial charge on any atom is -0.330 e. The van der Waals surface area contributed by atoms with Crippen LogP contribution >= 0.6 is 0 Å². The minimum atomic E-state index is -0.595. The van der Waals surface area contributed by atoms with E-state index in [0.29, 0.717) is 25.3 Å². The smallest absolute Gasteiger partial charge is 0.255 e. The summed E-state index contributed by atoms with van der Waals surface area (Å²) in [6.45, 7) is 4.68. The predicted octanol–water partition coefficient (Wildman–Crippen LogP) is 0.0263. The van der Waals surface area contributed by atoms with Gasteiger partial charge in [0.1, 0.15) is 0 Å². The average Bonchev–Trinajstić information content (AvgIpc) is 2.33. The Hall–Kier alpha value is -1.14. The number of hydrogen-bond donors (Lipinski definition) is 4. The number of hydrogen-bond acceptors (Lipinski definition) is 4. The Morgan fingerprint density at radius 2 is 1.78 bits per heavy atom. The molecule has 2 amide bonds. The van der Waals surface area contributed by atoms with Crippen molar-refractivity contribution in [3.8, 4) is 0 Å². The second kappa shape index (κ2) is 9.85. The molecule has 0 spiro atoms. The van der Waals surface area contributed by atoms with Crippen molar-refractivity contribution in [3.63, 3.8) is 0 Å². The summed E-state index contributed by atoms with van der Waals surface area (Å²) in [4.78, 5) is 22.8. The third kappa shape index (κ3) is 8.95. The summed E-state index contributed by atoms with van der Waals surface area (Å²) >= 11 is 0. The maximum Gasteiger partial charge on any atom is 0.255 e. The molecule has 106 valence electrons. The largest absolute Gasteiger partial charge is 0.330 e. The molecule has 0 aromatic rings. The molecule has 6 heteroatoms. The Bertz CT molecular complexity index is 256. The van der Waals surface area contributed by atoms with Crippen molar-refractivity contribution in [2.75, 3.05) is 6.54 Å². The Balaban J connectivity index is 3.70. The van der Waals surface area contributed by atoms with E-state index < -0.39 is 6.04 Å². The van der Waals surface area contributed by atoms with Gasteiger partial charge in [0.15, 0.2) is 0 Å². The fraction of sp³-hybridized carbons (Fsp3) is 0.833. The Morgan fingerprint density at radius 3 is 2.33 bits per heavy atom. The van der Waals surface area contributed by atoms with Gasteiger partial charge in [0.2, 0.25) is 5.91 Å². The monoisotopic (exact) mass is 258 g/mol. The molecular formula is C12H26N4O2. The number of unbranched alkanes of at least 4 members (excludes halogenated alkanes) is 1. The molecule has 1 atom stereocenters. The lowest BCUT2D eigenvalue weighted by molar-refractivity contribution is -0.129. The lowest BCUT2D eigenvalue weighted by atomic mass is 10.1. The number of carbonyl (C=O) groups is 2. The number of carbonyl (C=O) groups excluding carboxylic acids is 2. The molecule has 0 aliphatic heterocycles. The fourth-order valence-corrected chi connectivity index (χ4v) is 1.35. The highest BCUT2D eigenvalue weighted by atomic mass is 16.2. The molecule has 6 nitrogen and oxygen atoms in total. The van der Waals surface area contributed by atoms with Crippen LogP contribution in [0.1, 0.15) is 46.0 Å². The number of nitrogens with two attached hydrogens (primary N) is 2. The molecular weight excluding hydrogens is 232 g/mol. The van der Waals surface area contributed by atoms with E-state index in [4.69, 9.17) is 11.5 Å². The van der Waals surface area contributed by atoms with Crippen LogP contribution in [-0.4, -0.2) is 24.4 Å². The summed E-state index contributed by atoms with van der Waals surface area (Å²) < 4.78 is 0. The van der Waals surface area contributed by atoms with Crippen LogP contribution in [-0.2, 0) is 9.59 Å². The molecule has 0 heterocycles. The van der Waals surface area contributed by atoms with Crippen LogP contribution in [0.2, 0.25) is 0 Å². The molecule has 0 aromatic heterocycles. The van der Waals surface area contributed by atoms with E-state index in [1.165, 1.54) is 0 Å². The highest BCUT2D eigenvalue weighted by molar-refractivity contribution is 5.84. The van der Waals surface area contributed by atoms with Gasteiger partial charge in [0.05, 0.1) is 6.04 Å². The van der Waals surface area contributed by atoms with Gasteiger partial charge in [-0.15, -0.1) is 0 Å². The van der Waals surface area contributed by atoms with E-state index in [1.54, 1.807) is 0 Å². The predicted molar refractivity (Wildman–Crippen MR) is 71.2 cm³/mol. The van der Waals surface area contributed by atoms with E-state index >= 15 is 0 Å². The van der Waals surface area contributed by atoms with Crippen molar-refractivity contribution in [2.24, 2.45) is 17.4 Å². The van der Waals surface area contributed by atoms with Gasteiger partial charge in [-0.1, -0.05) is 20.3 Å². The van der Waals surface area contributed by atoms with Crippen molar-refractivity contribution < 1.29 is 9.59 Å². The van der Waals surface area contributed by atoms with Crippen LogP contribution in [0.4, 0.5) is 0 Å². The average molecular weight is 258 g/mol. The molecule has 0 bridgehead atoms. The van der Waals surface area contributed by atoms with Crippen molar-refractivity contribution >= 4 is 11.8 Å². The quantitative estimate of drug-likeness (QED) is 0.363. The molecule has 6 N–H and O–H groups in total. The highest BCUT2D eigenvalue weighted by Crippen LogP contribution is 2.02. The highest BCUT2D eigenvalue weighted by Gasteiger charge is 2.13. The third-order valence-corrected chi connectivity index (χ3v) is 2.58. The van der Waals surface area contributed by atoms with E-state index in [1.807, 2.05) is 13.8 Å². The lowest BCUT2D eigenvalue weighted by Gasteiger charge is -2.13.